The highest BCUT2D eigenvalue weighted by atomic mass is 16.5. The van der Waals surface area contributed by atoms with Gasteiger partial charge in [0.1, 0.15) is 0 Å². The lowest BCUT2D eigenvalue weighted by Gasteiger charge is -2.06. The van der Waals surface area contributed by atoms with E-state index >= 15 is 0 Å². The lowest BCUT2D eigenvalue weighted by Crippen LogP contribution is -2.23. The van der Waals surface area contributed by atoms with Gasteiger partial charge in [-0.3, -0.25) is 4.79 Å². The maximum Gasteiger partial charge on any atom is 0.251 e. The Morgan fingerprint density at radius 3 is 2.94 bits per heavy atom. The van der Waals surface area contributed by atoms with Crippen LogP contribution in [0, 0.1) is 6.92 Å². The van der Waals surface area contributed by atoms with Crippen LogP contribution in [0.15, 0.2) is 35.0 Å². The Kier molecular flexibility index (Phi) is 3.09. The number of carbonyl (C=O) groups is 1. The van der Waals surface area contributed by atoms with Crippen molar-refractivity contribution in [2.75, 3.05) is 5.73 Å². The number of rotatable bonds is 3. The monoisotopic (exact) mass is 231 g/mol. The van der Waals surface area contributed by atoms with Crippen molar-refractivity contribution in [1.82, 2.24) is 10.5 Å². The van der Waals surface area contributed by atoms with Crippen LogP contribution in [0.1, 0.15) is 21.7 Å². The Bertz CT molecular complexity index is 521. The molecule has 0 atom stereocenters. The number of anilines is 1. The van der Waals surface area contributed by atoms with Crippen LogP contribution in [0.5, 0.6) is 0 Å². The normalized spacial score (nSPS) is 10.2. The lowest BCUT2D eigenvalue weighted by molar-refractivity contribution is 0.0946. The van der Waals surface area contributed by atoms with E-state index < -0.39 is 0 Å². The third-order valence-corrected chi connectivity index (χ3v) is 2.41. The van der Waals surface area contributed by atoms with Crippen molar-refractivity contribution in [3.05, 3.63) is 47.3 Å². The summed E-state index contributed by atoms with van der Waals surface area (Å²) < 4.78 is 4.88. The second-order valence-electron chi connectivity index (χ2n) is 3.74. The van der Waals surface area contributed by atoms with Crippen LogP contribution in [-0.4, -0.2) is 11.1 Å². The minimum absolute atomic E-state index is 0.154. The van der Waals surface area contributed by atoms with Crippen LogP contribution in [0.3, 0.4) is 0 Å². The molecule has 1 aromatic carbocycles. The molecule has 0 saturated carbocycles. The van der Waals surface area contributed by atoms with E-state index in [9.17, 15) is 4.79 Å². The minimum Gasteiger partial charge on any atom is -0.399 e. The molecule has 5 nitrogen and oxygen atoms in total. The van der Waals surface area contributed by atoms with Gasteiger partial charge in [0.2, 0.25) is 0 Å². The van der Waals surface area contributed by atoms with Crippen molar-refractivity contribution >= 4 is 11.6 Å². The van der Waals surface area contributed by atoms with Crippen LogP contribution in [0.4, 0.5) is 5.69 Å². The summed E-state index contributed by atoms with van der Waals surface area (Å²) in [6.45, 7) is 2.17. The van der Waals surface area contributed by atoms with Gasteiger partial charge in [-0.05, 0) is 30.7 Å². The first-order valence-electron chi connectivity index (χ1n) is 5.20. The van der Waals surface area contributed by atoms with Crippen molar-refractivity contribution in [2.45, 2.75) is 13.5 Å². The minimum atomic E-state index is -0.154. The molecule has 1 aromatic heterocycles. The summed E-state index contributed by atoms with van der Waals surface area (Å²) in [6.07, 6.45) is 1.54. The Morgan fingerprint density at radius 1 is 1.47 bits per heavy atom. The molecule has 0 aliphatic carbocycles. The first kappa shape index (κ1) is 11.2. The number of nitrogens with zero attached hydrogens (tertiary/aromatic N) is 1. The zero-order valence-corrected chi connectivity index (χ0v) is 9.43. The molecule has 88 valence electrons. The van der Waals surface area contributed by atoms with Crippen molar-refractivity contribution < 1.29 is 9.32 Å². The second kappa shape index (κ2) is 4.69. The summed E-state index contributed by atoms with van der Waals surface area (Å²) in [5.41, 5.74) is 7.73. The van der Waals surface area contributed by atoms with Crippen molar-refractivity contribution in [1.29, 1.82) is 0 Å². The fourth-order valence-electron chi connectivity index (χ4n) is 1.54. The largest absolute Gasteiger partial charge is 0.399 e. The molecule has 0 aliphatic rings. The first-order chi connectivity index (χ1) is 8.16. The number of hydrogen-bond acceptors (Lipinski definition) is 4. The van der Waals surface area contributed by atoms with E-state index in [4.69, 9.17) is 10.3 Å². The molecule has 0 fully saturated rings. The number of hydrogen-bond donors (Lipinski definition) is 2. The fraction of sp³-hybridized carbons (Fsp3) is 0.167. The van der Waals surface area contributed by atoms with E-state index in [1.807, 2.05) is 6.92 Å². The maximum absolute atomic E-state index is 11.9. The highest BCUT2D eigenvalue weighted by molar-refractivity contribution is 5.95. The summed E-state index contributed by atoms with van der Waals surface area (Å²) in [4.78, 5) is 11.9. The molecule has 0 radical (unpaired) electrons. The summed E-state index contributed by atoms with van der Waals surface area (Å²) in [7, 11) is 0. The number of nitrogen functional groups attached to an aromatic ring is 1. The predicted molar refractivity (Wildman–Crippen MR) is 63.3 cm³/mol. The van der Waals surface area contributed by atoms with Gasteiger partial charge in [0.05, 0.1) is 12.7 Å². The van der Waals surface area contributed by atoms with Crippen LogP contribution in [0.2, 0.25) is 0 Å². The average molecular weight is 231 g/mol. The van der Waals surface area contributed by atoms with Gasteiger partial charge in [0, 0.05) is 17.3 Å². The topological polar surface area (TPSA) is 81.2 Å². The van der Waals surface area contributed by atoms with Gasteiger partial charge >= 0.3 is 0 Å². The number of amides is 1. The van der Waals surface area contributed by atoms with Crippen LogP contribution >= 0.6 is 0 Å². The number of aromatic nitrogens is 1. The number of benzene rings is 1. The standard InChI is InChI=1S/C12H13N3O2/c1-8-6-9(13)2-3-11(8)12(16)14-7-10-4-5-15-17-10/h2-6H,7,13H2,1H3,(H,14,16). The van der Waals surface area contributed by atoms with E-state index in [0.717, 1.165) is 5.56 Å². The smallest absolute Gasteiger partial charge is 0.251 e. The summed E-state index contributed by atoms with van der Waals surface area (Å²) >= 11 is 0. The van der Waals surface area contributed by atoms with Crippen LogP contribution < -0.4 is 11.1 Å². The van der Waals surface area contributed by atoms with Gasteiger partial charge in [0.15, 0.2) is 5.76 Å². The van der Waals surface area contributed by atoms with Gasteiger partial charge < -0.3 is 15.6 Å². The van der Waals surface area contributed by atoms with E-state index in [2.05, 4.69) is 10.5 Å². The quantitative estimate of drug-likeness (QED) is 0.784. The predicted octanol–water partition coefficient (Wildman–Crippen LogP) is 1.50. The zero-order chi connectivity index (χ0) is 12.3. The summed E-state index contributed by atoms with van der Waals surface area (Å²) in [5, 5.41) is 6.31. The molecular weight excluding hydrogens is 218 g/mol. The molecule has 0 saturated heterocycles. The molecule has 1 heterocycles. The van der Waals surface area contributed by atoms with Crippen LogP contribution in [0.25, 0.3) is 0 Å². The van der Waals surface area contributed by atoms with E-state index in [-0.39, 0.29) is 5.91 Å². The molecular formula is C12H13N3O2. The molecule has 1 amide bonds. The van der Waals surface area contributed by atoms with Gasteiger partial charge in [-0.15, -0.1) is 0 Å². The second-order valence-corrected chi connectivity index (χ2v) is 3.74. The Labute approximate surface area is 98.6 Å². The van der Waals surface area contributed by atoms with Gasteiger partial charge in [-0.2, -0.15) is 0 Å². The van der Waals surface area contributed by atoms with Gasteiger partial charge in [-0.25, -0.2) is 0 Å². The molecule has 2 rings (SSSR count). The molecule has 0 spiro atoms. The molecule has 5 heteroatoms. The molecule has 0 aliphatic heterocycles. The first-order valence-corrected chi connectivity index (χ1v) is 5.20. The number of nitrogens with two attached hydrogens (primary N) is 1. The Balaban J connectivity index is 2.04. The lowest BCUT2D eigenvalue weighted by atomic mass is 10.1. The van der Waals surface area contributed by atoms with E-state index in [1.165, 1.54) is 6.20 Å². The SMILES string of the molecule is Cc1cc(N)ccc1C(=O)NCc1ccno1. The summed E-state index contributed by atoms with van der Waals surface area (Å²) in [6, 6.07) is 6.89. The van der Waals surface area contributed by atoms with Gasteiger partial charge in [0.25, 0.3) is 5.91 Å². The third kappa shape index (κ3) is 2.63. The highest BCUT2D eigenvalue weighted by Gasteiger charge is 2.09. The Hall–Kier alpha value is -2.30. The van der Waals surface area contributed by atoms with Crippen LogP contribution in [-0.2, 0) is 6.54 Å². The molecule has 0 bridgehead atoms. The third-order valence-electron chi connectivity index (χ3n) is 2.41. The van der Waals surface area contributed by atoms with Gasteiger partial charge in [-0.1, -0.05) is 5.16 Å². The maximum atomic E-state index is 11.9. The van der Waals surface area contributed by atoms with E-state index in [1.54, 1.807) is 24.3 Å². The highest BCUT2D eigenvalue weighted by Crippen LogP contribution is 2.12. The molecule has 0 unspecified atom stereocenters. The molecule has 2 aromatic rings. The number of aryl methyl sites for hydroxylation is 1. The fourth-order valence-corrected chi connectivity index (χ4v) is 1.54. The average Bonchev–Trinajstić information content (AvgIpc) is 2.78. The van der Waals surface area contributed by atoms with E-state index in [0.29, 0.717) is 23.6 Å². The van der Waals surface area contributed by atoms with Crippen molar-refractivity contribution in [3.63, 3.8) is 0 Å². The number of carbonyl (C=O) groups excluding carboxylic acids is 1. The van der Waals surface area contributed by atoms with Crippen molar-refractivity contribution in [2.24, 2.45) is 0 Å². The Morgan fingerprint density at radius 2 is 2.29 bits per heavy atom. The molecule has 17 heavy (non-hydrogen) atoms. The summed E-state index contributed by atoms with van der Waals surface area (Å²) in [5.74, 6) is 0.463. The number of nitrogens with one attached hydrogen (secondary N) is 1. The van der Waals surface area contributed by atoms with Crippen molar-refractivity contribution in [3.8, 4) is 0 Å². The zero-order valence-electron chi connectivity index (χ0n) is 9.43. The molecule has 3 N–H and O–H groups in total.